The Hall–Kier alpha value is -2.15. The number of carbonyl (C=O) groups is 1. The lowest BCUT2D eigenvalue weighted by Gasteiger charge is -2.36. The number of aliphatic hydroxyl groups excluding tert-OH is 1. The first-order valence-corrected chi connectivity index (χ1v) is 15.5. The van der Waals surface area contributed by atoms with Gasteiger partial charge in [0.1, 0.15) is 24.2 Å². The number of imidazole rings is 1. The van der Waals surface area contributed by atoms with Gasteiger partial charge in [-0.1, -0.05) is 33.1 Å². The van der Waals surface area contributed by atoms with Crippen LogP contribution in [0.15, 0.2) is 12.7 Å². The molecule has 0 fully saturated rings. The highest BCUT2D eigenvalue weighted by Gasteiger charge is 2.38. The van der Waals surface area contributed by atoms with Crippen molar-refractivity contribution in [3.05, 3.63) is 12.7 Å². The molecule has 2 aromatic heterocycles. The largest absolute Gasteiger partial charge is 0.465 e. The molecule has 0 saturated heterocycles. The van der Waals surface area contributed by atoms with E-state index in [0.717, 1.165) is 32.1 Å². The number of aromatic nitrogens is 4. The Balaban J connectivity index is 2.12. The highest BCUT2D eigenvalue weighted by atomic mass is 31.2. The Morgan fingerprint density at radius 2 is 1.85 bits per heavy atom. The predicted octanol–water partition coefficient (Wildman–Crippen LogP) is 3.18. The minimum Gasteiger partial charge on any atom is -0.465 e. The first kappa shape index (κ1) is 33.1. The molecule has 0 aliphatic heterocycles. The summed E-state index contributed by atoms with van der Waals surface area (Å²) in [6, 6.07) is -0.880. The Morgan fingerprint density at radius 1 is 1.13 bits per heavy atom. The maximum atomic E-state index is 14.1. The molecule has 5 N–H and O–H groups in total. The van der Waals surface area contributed by atoms with E-state index in [9.17, 15) is 14.5 Å². The van der Waals surface area contributed by atoms with Crippen LogP contribution in [0.4, 0.5) is 5.82 Å². The maximum absolute atomic E-state index is 14.1. The Morgan fingerprint density at radius 3 is 2.54 bits per heavy atom. The zero-order chi connectivity index (χ0) is 29.1. The number of fused-ring (bicyclic) bond motifs is 1. The normalized spacial score (nSPS) is 16.1. The second-order valence-corrected chi connectivity index (χ2v) is 12.5. The van der Waals surface area contributed by atoms with E-state index >= 15 is 0 Å². The van der Waals surface area contributed by atoms with Crippen molar-refractivity contribution >= 4 is 30.4 Å². The Kier molecular flexibility index (Phi) is 13.2. The molecular weight excluding hydrogens is 525 g/mol. The van der Waals surface area contributed by atoms with Crippen LogP contribution >= 0.6 is 7.44 Å². The first-order chi connectivity index (χ1) is 18.4. The number of nitrogens with one attached hydrogen (secondary N) is 2. The highest BCUT2D eigenvalue weighted by Crippen LogP contribution is 2.41. The fourth-order valence-electron chi connectivity index (χ4n) is 3.78. The van der Waals surface area contributed by atoms with Crippen molar-refractivity contribution < 1.29 is 28.7 Å². The smallest absolute Gasteiger partial charge is 0.323 e. The van der Waals surface area contributed by atoms with Crippen LogP contribution in [-0.2, 0) is 30.1 Å². The van der Waals surface area contributed by atoms with Crippen LogP contribution in [0.5, 0.6) is 0 Å². The van der Waals surface area contributed by atoms with E-state index in [1.807, 2.05) is 13.8 Å². The number of nitrogens with zero attached hydrogens (tertiary/aromatic N) is 4. The maximum Gasteiger partial charge on any atom is 0.323 e. The predicted molar refractivity (Wildman–Crippen MR) is 150 cm³/mol. The fraction of sp³-hybridized carbons (Fsp3) is 0.760. The Labute approximate surface area is 231 Å². The number of rotatable bonds is 19. The summed E-state index contributed by atoms with van der Waals surface area (Å²) in [6.07, 6.45) is 5.47. The number of nitrogen functional groups attached to an aromatic ring is 1. The molecule has 222 valence electrons. The van der Waals surface area contributed by atoms with E-state index in [2.05, 4.69) is 32.1 Å². The third-order valence-electron chi connectivity index (χ3n) is 6.03. The van der Waals surface area contributed by atoms with Crippen LogP contribution in [0.1, 0.15) is 73.6 Å². The molecule has 0 radical (unpaired) electrons. The monoisotopic (exact) mass is 571 g/mol. The summed E-state index contributed by atoms with van der Waals surface area (Å²) in [6.45, 7) is 11.9. The molecule has 4 atom stereocenters. The van der Waals surface area contributed by atoms with Gasteiger partial charge in [0.15, 0.2) is 17.8 Å². The fourth-order valence-corrected chi connectivity index (χ4v) is 6.22. The minimum absolute atomic E-state index is 0.267. The molecule has 0 aliphatic carbocycles. The number of anilines is 1. The summed E-state index contributed by atoms with van der Waals surface area (Å²) < 4.78 is 32.8. The van der Waals surface area contributed by atoms with Crippen molar-refractivity contribution in [1.29, 1.82) is 0 Å². The SMILES string of the molecule is CCCCCOC(O)C(C)(C)NP(=O)(CO[C@H](C)Cn1cnc2c(N)ncnc21)N[C@H](C)C(=O)OCCCC. The van der Waals surface area contributed by atoms with Gasteiger partial charge in [-0.15, -0.1) is 0 Å². The van der Waals surface area contributed by atoms with E-state index in [4.69, 9.17) is 19.9 Å². The number of unbranched alkanes of at least 4 members (excludes halogenated alkanes) is 3. The van der Waals surface area contributed by atoms with Crippen LogP contribution in [0.3, 0.4) is 0 Å². The highest BCUT2D eigenvalue weighted by molar-refractivity contribution is 7.59. The first-order valence-electron chi connectivity index (χ1n) is 13.6. The topological polar surface area (TPSA) is 176 Å². The van der Waals surface area contributed by atoms with Crippen molar-refractivity contribution in [2.75, 3.05) is 25.3 Å². The average molecular weight is 572 g/mol. The average Bonchev–Trinajstić information content (AvgIpc) is 3.29. The van der Waals surface area contributed by atoms with Crippen LogP contribution in [0.2, 0.25) is 0 Å². The lowest BCUT2D eigenvalue weighted by Crippen LogP contribution is -2.52. The van der Waals surface area contributed by atoms with E-state index in [-0.39, 0.29) is 18.8 Å². The van der Waals surface area contributed by atoms with Crippen molar-refractivity contribution in [3.63, 3.8) is 0 Å². The van der Waals surface area contributed by atoms with Gasteiger partial charge in [0.2, 0.25) is 7.44 Å². The molecule has 0 aromatic carbocycles. The molecule has 0 aliphatic rings. The van der Waals surface area contributed by atoms with Crippen molar-refractivity contribution in [1.82, 2.24) is 29.7 Å². The number of carbonyl (C=O) groups excluding carboxylic acids is 1. The molecule has 2 rings (SSSR count). The molecule has 0 saturated carbocycles. The van der Waals surface area contributed by atoms with Gasteiger partial charge in [-0.05, 0) is 40.5 Å². The number of ether oxygens (including phenoxy) is 3. The van der Waals surface area contributed by atoms with Crippen LogP contribution < -0.4 is 15.9 Å². The number of aliphatic hydroxyl groups is 1. The lowest BCUT2D eigenvalue weighted by atomic mass is 10.1. The minimum atomic E-state index is -3.62. The summed E-state index contributed by atoms with van der Waals surface area (Å²) in [5.41, 5.74) is 5.80. The summed E-state index contributed by atoms with van der Waals surface area (Å²) in [4.78, 5) is 25.0. The zero-order valence-corrected chi connectivity index (χ0v) is 24.9. The lowest BCUT2D eigenvalue weighted by molar-refractivity contribution is -0.145. The molecule has 13 nitrogen and oxygen atoms in total. The number of esters is 1. The molecule has 0 amide bonds. The quantitative estimate of drug-likeness (QED) is 0.0840. The van der Waals surface area contributed by atoms with E-state index in [1.54, 1.807) is 31.7 Å². The summed E-state index contributed by atoms with van der Waals surface area (Å²) >= 11 is 0. The van der Waals surface area contributed by atoms with Crippen LogP contribution in [0.25, 0.3) is 11.2 Å². The molecule has 2 aromatic rings. The van der Waals surface area contributed by atoms with Gasteiger partial charge in [0, 0.05) is 6.61 Å². The van der Waals surface area contributed by atoms with E-state index in [1.165, 1.54) is 6.33 Å². The second kappa shape index (κ2) is 15.6. The number of nitrogens with two attached hydrogens (primary N) is 1. The summed E-state index contributed by atoms with van der Waals surface area (Å²) in [5.74, 6) is -0.238. The van der Waals surface area contributed by atoms with Crippen LogP contribution in [-0.4, -0.2) is 74.1 Å². The van der Waals surface area contributed by atoms with Gasteiger partial charge in [0.05, 0.1) is 31.1 Å². The van der Waals surface area contributed by atoms with E-state index < -0.39 is 37.4 Å². The third-order valence-corrected chi connectivity index (χ3v) is 8.29. The van der Waals surface area contributed by atoms with Gasteiger partial charge in [-0.25, -0.2) is 25.1 Å². The van der Waals surface area contributed by atoms with Gasteiger partial charge >= 0.3 is 5.97 Å². The number of hydrogen-bond donors (Lipinski definition) is 4. The van der Waals surface area contributed by atoms with Gasteiger partial charge < -0.3 is 29.6 Å². The second-order valence-electron chi connectivity index (χ2n) is 10.3. The van der Waals surface area contributed by atoms with Crippen molar-refractivity contribution in [2.24, 2.45) is 0 Å². The Bertz CT molecular complexity index is 1080. The molecule has 0 spiro atoms. The van der Waals surface area contributed by atoms with Gasteiger partial charge in [0.25, 0.3) is 0 Å². The van der Waals surface area contributed by atoms with Crippen molar-refractivity contribution in [2.45, 2.75) is 104 Å². The van der Waals surface area contributed by atoms with Crippen LogP contribution in [0, 0.1) is 0 Å². The number of hydrogen-bond acceptors (Lipinski definition) is 10. The summed E-state index contributed by atoms with van der Waals surface area (Å²) in [5, 5.41) is 16.6. The standard InChI is InChI=1S/C25H46N7O6P/c1-7-9-11-13-37-24(34)25(5,6)31-39(35,30-19(4)23(33)36-12-10-8-2)17-38-18(3)14-32-16-29-20-21(26)27-15-28-22(20)32/h15-16,18-19,24,34H,7-14,17H2,1-6H3,(H2,26,27,28)(H2,30,31,35)/t18-,19-,24?,39?/m1/s1. The molecule has 2 heterocycles. The molecule has 0 bridgehead atoms. The van der Waals surface area contributed by atoms with Crippen molar-refractivity contribution in [3.8, 4) is 0 Å². The molecular formula is C25H46N7O6P. The molecule has 39 heavy (non-hydrogen) atoms. The third kappa shape index (κ3) is 10.4. The molecule has 14 heteroatoms. The molecule has 2 unspecified atom stereocenters. The summed E-state index contributed by atoms with van der Waals surface area (Å²) in [7, 11) is -3.62. The zero-order valence-electron chi connectivity index (χ0n) is 24.1. The van der Waals surface area contributed by atoms with Gasteiger partial charge in [-0.2, -0.15) is 0 Å². The van der Waals surface area contributed by atoms with Gasteiger partial charge in [-0.3, -0.25) is 9.36 Å². The van der Waals surface area contributed by atoms with E-state index in [0.29, 0.717) is 24.3 Å².